The van der Waals surface area contributed by atoms with Gasteiger partial charge in [0.1, 0.15) is 72.5 Å². The van der Waals surface area contributed by atoms with Crippen LogP contribution < -0.4 is 81.8 Å². The Morgan fingerprint density at radius 2 is 0.859 bits per heavy atom. The molecule has 15 atom stereocenters. The summed E-state index contributed by atoms with van der Waals surface area (Å²) in [5, 5.41) is 63.7. The number of nitrogens with zero attached hydrogens (tertiary/aromatic N) is 1. The Morgan fingerprint density at radius 1 is 0.467 bits per heavy atom. The minimum absolute atomic E-state index is 0.0247. The van der Waals surface area contributed by atoms with E-state index in [0.29, 0.717) is 6.42 Å². The number of aliphatic hydroxyl groups excluding tert-OH is 3. The molecule has 0 bridgehead atoms. The summed E-state index contributed by atoms with van der Waals surface area (Å²) in [4.78, 5) is 213. The maximum absolute atomic E-state index is 14.3. The quantitative estimate of drug-likeness (QED) is 0.0270. The number of hydrogen-bond donors (Lipinski definition) is 19. The second kappa shape index (κ2) is 38.9. The molecule has 1 aliphatic rings. The molecule has 1 heterocycles. The molecule has 1 saturated heterocycles. The summed E-state index contributed by atoms with van der Waals surface area (Å²) in [7, 11) is 0. The minimum Gasteiger partial charge on any atom is -0.480 e. The van der Waals surface area contributed by atoms with Crippen LogP contribution in [-0.2, 0) is 76.7 Å². The summed E-state index contributed by atoms with van der Waals surface area (Å²) < 4.78 is 0. The van der Waals surface area contributed by atoms with E-state index in [-0.39, 0.29) is 38.1 Å². The zero-order valence-electron chi connectivity index (χ0n) is 53.5. The van der Waals surface area contributed by atoms with Crippen LogP contribution in [0.15, 0.2) is 0 Å². The largest absolute Gasteiger partial charge is 0.480 e. The molecule has 0 unspecified atom stereocenters. The lowest BCUT2D eigenvalue weighted by Crippen LogP contribution is -2.63. The Hall–Kier alpha value is -8.64. The number of aliphatic hydroxyl groups is 3. The molecular weight excluding hydrogens is 1220 g/mol. The van der Waals surface area contributed by atoms with Crippen LogP contribution >= 0.6 is 0 Å². The summed E-state index contributed by atoms with van der Waals surface area (Å²) in [6.45, 7) is 13.7. The highest BCUT2D eigenvalue weighted by molar-refractivity contribution is 6.01. The maximum Gasteiger partial charge on any atom is 0.326 e. The van der Waals surface area contributed by atoms with Crippen LogP contribution in [0.2, 0.25) is 0 Å². The van der Waals surface area contributed by atoms with Crippen LogP contribution in [-0.4, -0.2) is 218 Å². The molecule has 92 heavy (non-hydrogen) atoms. The standard InChI is InChI=1S/C56H96N16O20/c1-11-26(8)43(53(88)69-42(25(6)7)51(86)63-30(15-17-37(58)77)55(90)72-18-12-13-35(72)49(84)66-33(56(91)92)19-23(2)3)70-47(82)31(20-38(59)78)64-45(80)29(14-16-36(57)76)62-54(89)44(28(10)75)71-48(83)34(22-73)67-52(87)41(24(4)5)68-46(81)32(21-39(60)79)65-50(85)40(61)27(9)74/h23-35,40-44,73-75H,11-22,61H2,1-10H3,(H2,57,76)(H2,58,77)(H2,59,78)(H2,60,79)(H,62,89)(H,63,86)(H,64,80)(H,65,85)(H,66,84)(H,67,87)(H,68,81)(H,69,88)(H,70,82)(H,71,83)(H,91,92)/t26-,27+,28+,29-,30-,31-,32-,33-,34-,35-,40-,41-,42-,43-,44-/m0/s1. The number of nitrogens with two attached hydrogens (primary N) is 5. The van der Waals surface area contributed by atoms with Crippen molar-refractivity contribution in [2.75, 3.05) is 13.2 Å². The van der Waals surface area contributed by atoms with Crippen molar-refractivity contribution >= 4 is 94.6 Å². The average Bonchev–Trinajstić information content (AvgIpc) is 1.53. The van der Waals surface area contributed by atoms with Crippen molar-refractivity contribution < 1.29 is 97.1 Å². The number of carbonyl (C=O) groups excluding carboxylic acids is 15. The molecule has 520 valence electrons. The van der Waals surface area contributed by atoms with Crippen LogP contribution in [0.3, 0.4) is 0 Å². The maximum atomic E-state index is 14.3. The van der Waals surface area contributed by atoms with E-state index in [1.54, 1.807) is 20.8 Å². The number of carboxylic acids is 1. The highest BCUT2D eigenvalue weighted by Crippen LogP contribution is 2.21. The third-order valence-electron chi connectivity index (χ3n) is 14.8. The van der Waals surface area contributed by atoms with Crippen LogP contribution in [0, 0.1) is 23.7 Å². The SMILES string of the molecule is CC[C@H](C)[C@H](NC(=O)[C@H](CC(N)=O)NC(=O)[C@H](CCC(N)=O)NC(=O)[C@@H](NC(=O)[C@H](CO)NC(=O)[C@@H](NC(=O)[C@H](CC(N)=O)NC(=O)[C@@H](N)[C@@H](C)O)C(C)C)[C@@H](C)O)C(=O)N[C@H](C(=O)N[C@@H](CCC(N)=O)C(=O)N1CCC[C@H]1C(=O)N[C@@H](CC(C)C)C(=O)O)C(C)C. The number of likely N-dealkylation sites (tertiary alicyclic amines) is 1. The summed E-state index contributed by atoms with van der Waals surface area (Å²) in [5.41, 5.74) is 27.2. The number of nitrogens with one attached hydrogen (secondary N) is 10. The first-order chi connectivity index (χ1) is 42.7. The Bertz CT molecular complexity index is 2660. The molecule has 0 aromatic carbocycles. The van der Waals surface area contributed by atoms with Crippen molar-refractivity contribution in [3.8, 4) is 0 Å². The second-order valence-corrected chi connectivity index (χ2v) is 23.9. The van der Waals surface area contributed by atoms with Crippen molar-refractivity contribution in [3.63, 3.8) is 0 Å². The van der Waals surface area contributed by atoms with E-state index in [1.165, 1.54) is 41.5 Å². The van der Waals surface area contributed by atoms with E-state index >= 15 is 0 Å². The van der Waals surface area contributed by atoms with Crippen molar-refractivity contribution in [3.05, 3.63) is 0 Å². The second-order valence-electron chi connectivity index (χ2n) is 23.9. The van der Waals surface area contributed by atoms with E-state index in [0.717, 1.165) is 11.8 Å². The molecule has 0 spiro atoms. The van der Waals surface area contributed by atoms with Gasteiger partial charge in [-0.15, -0.1) is 0 Å². The van der Waals surface area contributed by atoms with Crippen LogP contribution in [0.25, 0.3) is 0 Å². The topological polar surface area (TPSA) is 608 Å². The van der Waals surface area contributed by atoms with Gasteiger partial charge in [0.05, 0.1) is 31.7 Å². The fraction of sp³-hybridized carbons (Fsp3) is 0.714. The van der Waals surface area contributed by atoms with Crippen molar-refractivity contribution in [2.24, 2.45) is 52.3 Å². The lowest BCUT2D eigenvalue weighted by molar-refractivity contribution is -0.145. The molecule has 1 fully saturated rings. The van der Waals surface area contributed by atoms with Gasteiger partial charge in [0, 0.05) is 19.4 Å². The predicted molar refractivity (Wildman–Crippen MR) is 323 cm³/mol. The van der Waals surface area contributed by atoms with E-state index < -0.39 is 236 Å². The zero-order valence-corrected chi connectivity index (χ0v) is 53.5. The smallest absolute Gasteiger partial charge is 0.326 e. The highest BCUT2D eigenvalue weighted by Gasteiger charge is 2.42. The van der Waals surface area contributed by atoms with Gasteiger partial charge in [-0.3, -0.25) is 71.9 Å². The molecule has 36 heteroatoms. The molecule has 0 radical (unpaired) electrons. The number of carboxylic acid groups (broad SMARTS) is 1. The first-order valence-electron chi connectivity index (χ1n) is 30.1. The van der Waals surface area contributed by atoms with Gasteiger partial charge < -0.3 is 107 Å². The first-order valence-corrected chi connectivity index (χ1v) is 30.1. The Balaban J connectivity index is 3.50. The summed E-state index contributed by atoms with van der Waals surface area (Å²) >= 11 is 0. The third kappa shape index (κ3) is 27.1. The lowest BCUT2D eigenvalue weighted by Gasteiger charge is -2.32. The van der Waals surface area contributed by atoms with Crippen molar-refractivity contribution in [1.29, 1.82) is 0 Å². The average molecular weight is 1310 g/mol. The van der Waals surface area contributed by atoms with E-state index in [4.69, 9.17) is 28.7 Å². The van der Waals surface area contributed by atoms with E-state index in [2.05, 4.69) is 53.2 Å². The van der Waals surface area contributed by atoms with Crippen molar-refractivity contribution in [2.45, 2.75) is 218 Å². The van der Waals surface area contributed by atoms with Gasteiger partial charge in [0.15, 0.2) is 0 Å². The van der Waals surface area contributed by atoms with E-state index in [9.17, 15) is 97.1 Å². The van der Waals surface area contributed by atoms with Crippen molar-refractivity contribution in [1.82, 2.24) is 58.1 Å². The van der Waals surface area contributed by atoms with Gasteiger partial charge in [-0.1, -0.05) is 61.8 Å². The Kier molecular flexibility index (Phi) is 34.4. The lowest BCUT2D eigenvalue weighted by atomic mass is 9.95. The minimum atomic E-state index is -2.04. The molecule has 1 rings (SSSR count). The van der Waals surface area contributed by atoms with Gasteiger partial charge in [-0.25, -0.2) is 4.79 Å². The molecule has 0 aliphatic carbocycles. The normalized spacial score (nSPS) is 17.5. The highest BCUT2D eigenvalue weighted by atomic mass is 16.4. The number of aliphatic carboxylic acids is 1. The summed E-state index contributed by atoms with van der Waals surface area (Å²) in [5.74, 6) is -19.8. The molecule has 0 saturated carbocycles. The number of carbonyl (C=O) groups is 16. The monoisotopic (exact) mass is 1310 g/mol. The first kappa shape index (κ1) is 81.4. The number of primary amides is 4. The molecule has 36 nitrogen and oxygen atoms in total. The molecule has 24 N–H and O–H groups in total. The van der Waals surface area contributed by atoms with Gasteiger partial charge in [-0.05, 0) is 69.6 Å². The van der Waals surface area contributed by atoms with Crippen LogP contribution in [0.4, 0.5) is 0 Å². The van der Waals surface area contributed by atoms with E-state index in [1.807, 2.05) is 0 Å². The fourth-order valence-electron chi connectivity index (χ4n) is 9.30. The third-order valence-corrected chi connectivity index (χ3v) is 14.8. The number of amides is 15. The van der Waals surface area contributed by atoms with Crippen LogP contribution in [0.5, 0.6) is 0 Å². The number of rotatable bonds is 41. The van der Waals surface area contributed by atoms with Gasteiger partial charge in [0.25, 0.3) is 0 Å². The molecule has 1 aliphatic heterocycles. The molecule has 0 aromatic rings. The van der Waals surface area contributed by atoms with Gasteiger partial charge >= 0.3 is 5.97 Å². The Morgan fingerprint density at radius 3 is 1.28 bits per heavy atom. The zero-order chi connectivity index (χ0) is 70.8. The molecule has 0 aromatic heterocycles. The molecular formula is C56H96N16O20. The predicted octanol–water partition coefficient (Wildman–Crippen LogP) is -8.32. The fourth-order valence-corrected chi connectivity index (χ4v) is 9.30. The van der Waals surface area contributed by atoms with Gasteiger partial charge in [-0.2, -0.15) is 0 Å². The molecule has 15 amide bonds. The number of hydrogen-bond acceptors (Lipinski definition) is 20. The van der Waals surface area contributed by atoms with Crippen LogP contribution in [0.1, 0.15) is 133 Å². The summed E-state index contributed by atoms with van der Waals surface area (Å²) in [6, 6.07) is -19.5. The summed E-state index contributed by atoms with van der Waals surface area (Å²) in [6.07, 6.45) is -6.24. The Labute approximate surface area is 532 Å². The van der Waals surface area contributed by atoms with Gasteiger partial charge in [0.2, 0.25) is 88.6 Å².